The molecule has 0 saturated heterocycles. The second kappa shape index (κ2) is 15.2. The highest BCUT2D eigenvalue weighted by atomic mass is 15.0. The minimum Gasteiger partial charge on any atom is -0.309 e. The Hall–Kier alpha value is -8.47. The normalized spacial score (nSPS) is 11.5. The quantitative estimate of drug-likeness (QED) is 0.161. The van der Waals surface area contributed by atoms with Crippen LogP contribution in [0.15, 0.2) is 231 Å². The average molecular weight is 803 g/mol. The molecule has 0 bridgehead atoms. The maximum atomic E-state index is 5.38. The van der Waals surface area contributed by atoms with Gasteiger partial charge in [-0.05, 0) is 91.3 Å². The van der Waals surface area contributed by atoms with Crippen LogP contribution in [-0.2, 0) is 0 Å². The van der Waals surface area contributed by atoms with Crippen molar-refractivity contribution in [2.75, 3.05) is 0 Å². The van der Waals surface area contributed by atoms with Crippen molar-refractivity contribution in [1.29, 1.82) is 0 Å². The molecule has 294 valence electrons. The first kappa shape index (κ1) is 36.4. The van der Waals surface area contributed by atoms with Crippen LogP contribution in [0.3, 0.4) is 0 Å². The van der Waals surface area contributed by atoms with E-state index in [1.54, 1.807) is 0 Å². The van der Waals surface area contributed by atoms with Crippen molar-refractivity contribution < 1.29 is 0 Å². The molecule has 0 unspecified atom stereocenters. The lowest BCUT2D eigenvalue weighted by atomic mass is 9.89. The van der Waals surface area contributed by atoms with Gasteiger partial charge in [0.1, 0.15) is 0 Å². The topological polar surface area (TPSA) is 43.6 Å². The molecule has 0 spiro atoms. The molecule has 2 aromatic heterocycles. The Labute approximate surface area is 365 Å². The first-order valence-electron chi connectivity index (χ1n) is 21.4. The zero-order valence-corrected chi connectivity index (χ0v) is 34.2. The summed E-state index contributed by atoms with van der Waals surface area (Å²) >= 11 is 0. The van der Waals surface area contributed by atoms with E-state index in [-0.39, 0.29) is 0 Å². The van der Waals surface area contributed by atoms with Crippen molar-refractivity contribution >= 4 is 43.4 Å². The minimum absolute atomic E-state index is 0.604. The van der Waals surface area contributed by atoms with Crippen molar-refractivity contribution in [3.05, 3.63) is 231 Å². The fraction of sp³-hybridized carbons (Fsp3) is 0. The van der Waals surface area contributed by atoms with Gasteiger partial charge in [0.2, 0.25) is 0 Å². The summed E-state index contributed by atoms with van der Waals surface area (Å²) in [5, 5.41) is 7.32. The highest BCUT2D eigenvalue weighted by Crippen LogP contribution is 2.45. The summed E-state index contributed by atoms with van der Waals surface area (Å²) in [5.41, 5.74) is 12.6. The van der Waals surface area contributed by atoms with E-state index in [0.717, 1.165) is 66.8 Å². The Morgan fingerprint density at radius 3 is 1.43 bits per heavy atom. The Balaban J connectivity index is 1.23. The summed E-state index contributed by atoms with van der Waals surface area (Å²) in [6.07, 6.45) is 0. The van der Waals surface area contributed by atoms with Gasteiger partial charge in [-0.15, -0.1) is 0 Å². The van der Waals surface area contributed by atoms with E-state index in [4.69, 9.17) is 15.0 Å². The summed E-state index contributed by atoms with van der Waals surface area (Å²) in [4.78, 5) is 15.9. The predicted octanol–water partition coefficient (Wildman–Crippen LogP) is 15.3. The highest BCUT2D eigenvalue weighted by Gasteiger charge is 2.24. The van der Waals surface area contributed by atoms with E-state index in [1.165, 1.54) is 32.3 Å². The van der Waals surface area contributed by atoms with Crippen LogP contribution in [0.2, 0.25) is 0 Å². The average Bonchev–Trinajstić information content (AvgIpc) is 3.69. The van der Waals surface area contributed by atoms with Gasteiger partial charge in [0, 0.05) is 33.2 Å². The SMILES string of the molecule is c1ccc(-c2cccc(-c3cc(-n4c5cc6ccccc6cc5c5c6ccccc6ccc54)cc(-c4ccccc4)c3-c3nc(-c4ccccc4)nc(-c4ccccc4)n3)c2)cc1. The molecule has 12 rings (SSSR count). The van der Waals surface area contributed by atoms with Crippen molar-refractivity contribution in [3.63, 3.8) is 0 Å². The third-order valence-electron chi connectivity index (χ3n) is 12.2. The molecule has 0 N–H and O–H groups in total. The largest absolute Gasteiger partial charge is 0.309 e. The van der Waals surface area contributed by atoms with E-state index < -0.39 is 0 Å². The molecule has 0 aliphatic heterocycles. The summed E-state index contributed by atoms with van der Waals surface area (Å²) in [6.45, 7) is 0. The maximum Gasteiger partial charge on any atom is 0.165 e. The summed E-state index contributed by atoms with van der Waals surface area (Å²) in [6, 6.07) is 81.9. The van der Waals surface area contributed by atoms with Crippen LogP contribution in [-0.4, -0.2) is 19.5 Å². The summed E-state index contributed by atoms with van der Waals surface area (Å²) in [7, 11) is 0. The molecule has 0 amide bonds. The van der Waals surface area contributed by atoms with E-state index >= 15 is 0 Å². The lowest BCUT2D eigenvalue weighted by Crippen LogP contribution is -2.04. The van der Waals surface area contributed by atoms with E-state index in [2.05, 4.69) is 199 Å². The number of rotatable bonds is 7. The van der Waals surface area contributed by atoms with Gasteiger partial charge in [0.05, 0.1) is 11.0 Å². The fourth-order valence-corrected chi connectivity index (χ4v) is 9.24. The second-order valence-corrected chi connectivity index (χ2v) is 16.0. The first-order valence-corrected chi connectivity index (χ1v) is 21.4. The van der Waals surface area contributed by atoms with Crippen LogP contribution in [0.5, 0.6) is 0 Å². The standard InChI is InChI=1S/C59H38N4/c1-5-18-39(19-6-1)44-29-17-30-47(34-44)51-38-48(63-53-33-32-41-22-15-16-31-49(41)55(53)52-35-45-27-13-14-28-46(45)36-54(52)63)37-50(40-20-7-2-8-21-40)56(51)59-61-57(42-23-9-3-10-24-42)60-58(62-59)43-25-11-4-12-26-43/h1-38H. The molecule has 12 aromatic rings. The molecule has 63 heavy (non-hydrogen) atoms. The van der Waals surface area contributed by atoms with Crippen LogP contribution in [0.4, 0.5) is 0 Å². The second-order valence-electron chi connectivity index (χ2n) is 16.0. The fourth-order valence-electron chi connectivity index (χ4n) is 9.24. The van der Waals surface area contributed by atoms with Crippen LogP contribution in [0, 0.1) is 0 Å². The van der Waals surface area contributed by atoms with Crippen molar-refractivity contribution in [1.82, 2.24) is 19.5 Å². The molecular formula is C59H38N4. The molecule has 0 aliphatic rings. The number of nitrogens with zero attached hydrogens (tertiary/aromatic N) is 4. The number of benzene rings is 10. The Kier molecular flexibility index (Phi) is 8.79. The lowest BCUT2D eigenvalue weighted by molar-refractivity contribution is 1.07. The number of aromatic nitrogens is 4. The summed E-state index contributed by atoms with van der Waals surface area (Å²) in [5.74, 6) is 1.84. The molecule has 0 aliphatic carbocycles. The highest BCUT2D eigenvalue weighted by molar-refractivity contribution is 6.23. The molecule has 2 heterocycles. The molecule has 0 radical (unpaired) electrons. The minimum atomic E-state index is 0.604. The third kappa shape index (κ3) is 6.44. The predicted molar refractivity (Wildman–Crippen MR) is 262 cm³/mol. The molecule has 4 heteroatoms. The van der Waals surface area contributed by atoms with Crippen LogP contribution >= 0.6 is 0 Å². The molecule has 4 nitrogen and oxygen atoms in total. The molecule has 0 atom stereocenters. The van der Waals surface area contributed by atoms with Gasteiger partial charge in [-0.3, -0.25) is 0 Å². The molecular weight excluding hydrogens is 765 g/mol. The van der Waals surface area contributed by atoms with E-state index in [9.17, 15) is 0 Å². The maximum absolute atomic E-state index is 5.38. The van der Waals surface area contributed by atoms with Crippen LogP contribution < -0.4 is 0 Å². The molecule has 10 aromatic carbocycles. The first-order chi connectivity index (χ1) is 31.2. The number of hydrogen-bond donors (Lipinski definition) is 0. The van der Waals surface area contributed by atoms with Gasteiger partial charge >= 0.3 is 0 Å². The van der Waals surface area contributed by atoms with Crippen molar-refractivity contribution in [2.24, 2.45) is 0 Å². The summed E-state index contributed by atoms with van der Waals surface area (Å²) < 4.78 is 2.46. The van der Waals surface area contributed by atoms with Gasteiger partial charge in [-0.1, -0.05) is 194 Å². The zero-order valence-electron chi connectivity index (χ0n) is 34.2. The van der Waals surface area contributed by atoms with E-state index in [1.807, 2.05) is 36.4 Å². The van der Waals surface area contributed by atoms with Crippen LogP contribution in [0.25, 0.3) is 117 Å². The lowest BCUT2D eigenvalue weighted by Gasteiger charge is -2.20. The van der Waals surface area contributed by atoms with E-state index in [0.29, 0.717) is 17.5 Å². The van der Waals surface area contributed by atoms with Crippen molar-refractivity contribution in [3.8, 4) is 73.2 Å². The van der Waals surface area contributed by atoms with Gasteiger partial charge in [-0.2, -0.15) is 0 Å². The van der Waals surface area contributed by atoms with Gasteiger partial charge < -0.3 is 4.57 Å². The monoisotopic (exact) mass is 802 g/mol. The Bertz CT molecular complexity index is 3600. The number of hydrogen-bond acceptors (Lipinski definition) is 3. The van der Waals surface area contributed by atoms with Gasteiger partial charge in [0.15, 0.2) is 17.5 Å². The smallest absolute Gasteiger partial charge is 0.165 e. The molecule has 0 saturated carbocycles. The van der Waals surface area contributed by atoms with Gasteiger partial charge in [-0.25, -0.2) is 15.0 Å². The number of fused-ring (bicyclic) bond motifs is 6. The third-order valence-corrected chi connectivity index (χ3v) is 12.2. The zero-order chi connectivity index (χ0) is 41.7. The van der Waals surface area contributed by atoms with Gasteiger partial charge in [0.25, 0.3) is 0 Å². The Morgan fingerprint density at radius 1 is 0.286 bits per heavy atom. The van der Waals surface area contributed by atoms with Crippen molar-refractivity contribution in [2.45, 2.75) is 0 Å². The molecule has 0 fully saturated rings. The van der Waals surface area contributed by atoms with Crippen LogP contribution in [0.1, 0.15) is 0 Å². The Morgan fingerprint density at radius 2 is 0.778 bits per heavy atom.